The number of amides is 1. The summed E-state index contributed by atoms with van der Waals surface area (Å²) < 4.78 is 0. The number of nitrogens with two attached hydrogens (primary N) is 1. The molecule has 2 atom stereocenters. The van der Waals surface area contributed by atoms with Crippen molar-refractivity contribution < 1.29 is 4.79 Å². The summed E-state index contributed by atoms with van der Waals surface area (Å²) in [4.78, 5) is 20.7. The number of aromatic nitrogens is 2. The van der Waals surface area contributed by atoms with Crippen LogP contribution in [0.5, 0.6) is 0 Å². The first-order valence-electron chi connectivity index (χ1n) is 6.95. The Bertz CT molecular complexity index is 441. The molecule has 1 heterocycles. The molecule has 5 nitrogen and oxygen atoms in total. The van der Waals surface area contributed by atoms with Crippen LogP contribution < -0.4 is 11.1 Å². The Hall–Kier alpha value is -1.49. The number of aryl methyl sites for hydroxylation is 2. The van der Waals surface area contributed by atoms with E-state index in [1.165, 1.54) is 0 Å². The van der Waals surface area contributed by atoms with Crippen LogP contribution in [0, 0.1) is 19.8 Å². The SMILES string of the molecule is Cc1cc(C)nc(NC(=O)C2CCCCCC2N)n1. The molecule has 1 fully saturated rings. The molecule has 0 aliphatic heterocycles. The van der Waals surface area contributed by atoms with Crippen molar-refractivity contribution in [1.29, 1.82) is 0 Å². The van der Waals surface area contributed by atoms with E-state index in [9.17, 15) is 4.79 Å². The van der Waals surface area contributed by atoms with Crippen molar-refractivity contribution >= 4 is 11.9 Å². The lowest BCUT2D eigenvalue weighted by molar-refractivity contribution is -0.120. The van der Waals surface area contributed by atoms with E-state index in [1.807, 2.05) is 19.9 Å². The molecular weight excluding hydrogens is 240 g/mol. The summed E-state index contributed by atoms with van der Waals surface area (Å²) in [5.74, 6) is 0.227. The highest BCUT2D eigenvalue weighted by atomic mass is 16.2. The first-order chi connectivity index (χ1) is 9.06. The fourth-order valence-corrected chi connectivity index (χ4v) is 2.65. The lowest BCUT2D eigenvalue weighted by Crippen LogP contribution is -2.38. The van der Waals surface area contributed by atoms with Gasteiger partial charge in [0.2, 0.25) is 11.9 Å². The Kier molecular flexibility index (Phi) is 4.47. The fraction of sp³-hybridized carbons (Fsp3) is 0.643. The average Bonchev–Trinajstić information content (AvgIpc) is 2.52. The second kappa shape index (κ2) is 6.10. The zero-order valence-corrected chi connectivity index (χ0v) is 11.6. The maximum atomic E-state index is 12.3. The number of carbonyl (C=O) groups excluding carboxylic acids is 1. The zero-order valence-electron chi connectivity index (χ0n) is 11.6. The number of hydrogen-bond acceptors (Lipinski definition) is 4. The lowest BCUT2D eigenvalue weighted by atomic mass is 9.95. The van der Waals surface area contributed by atoms with Gasteiger partial charge in [-0.15, -0.1) is 0 Å². The van der Waals surface area contributed by atoms with Gasteiger partial charge in [0, 0.05) is 17.4 Å². The van der Waals surface area contributed by atoms with Gasteiger partial charge in [0.1, 0.15) is 0 Å². The van der Waals surface area contributed by atoms with Crippen LogP contribution >= 0.6 is 0 Å². The van der Waals surface area contributed by atoms with E-state index in [0.717, 1.165) is 43.5 Å². The molecule has 2 rings (SSSR count). The molecule has 104 valence electrons. The van der Waals surface area contributed by atoms with Crippen molar-refractivity contribution in [1.82, 2.24) is 9.97 Å². The van der Waals surface area contributed by atoms with Crippen molar-refractivity contribution in [2.75, 3.05) is 5.32 Å². The highest BCUT2D eigenvalue weighted by Gasteiger charge is 2.27. The predicted molar refractivity (Wildman–Crippen MR) is 74.7 cm³/mol. The molecule has 1 aromatic rings. The predicted octanol–water partition coefficient (Wildman–Crippen LogP) is 1.94. The third-order valence-electron chi connectivity index (χ3n) is 3.62. The van der Waals surface area contributed by atoms with Crippen LogP contribution in [0.25, 0.3) is 0 Å². The van der Waals surface area contributed by atoms with Gasteiger partial charge in [0.25, 0.3) is 0 Å². The van der Waals surface area contributed by atoms with Crippen LogP contribution in [0.3, 0.4) is 0 Å². The van der Waals surface area contributed by atoms with Gasteiger partial charge >= 0.3 is 0 Å². The van der Waals surface area contributed by atoms with E-state index in [2.05, 4.69) is 15.3 Å². The molecule has 2 unspecified atom stereocenters. The highest BCUT2D eigenvalue weighted by Crippen LogP contribution is 2.23. The number of rotatable bonds is 2. The molecule has 3 N–H and O–H groups in total. The van der Waals surface area contributed by atoms with Gasteiger partial charge in [-0.2, -0.15) is 0 Å². The molecule has 0 bridgehead atoms. The second-order valence-corrected chi connectivity index (χ2v) is 5.37. The van der Waals surface area contributed by atoms with E-state index in [-0.39, 0.29) is 17.9 Å². The van der Waals surface area contributed by atoms with Gasteiger partial charge in [-0.05, 0) is 32.8 Å². The number of nitrogens with zero attached hydrogens (tertiary/aromatic N) is 2. The smallest absolute Gasteiger partial charge is 0.231 e. The van der Waals surface area contributed by atoms with Crippen LogP contribution in [0.15, 0.2) is 6.07 Å². The maximum Gasteiger partial charge on any atom is 0.231 e. The van der Waals surface area contributed by atoms with E-state index in [0.29, 0.717) is 5.95 Å². The Labute approximate surface area is 114 Å². The first kappa shape index (κ1) is 13.9. The molecule has 0 spiro atoms. The molecule has 1 saturated carbocycles. The minimum atomic E-state index is -0.119. The molecule has 1 aliphatic carbocycles. The summed E-state index contributed by atoms with van der Waals surface area (Å²) in [6.07, 6.45) is 5.13. The van der Waals surface area contributed by atoms with Gasteiger partial charge < -0.3 is 5.73 Å². The summed E-state index contributed by atoms with van der Waals surface area (Å²) in [7, 11) is 0. The quantitative estimate of drug-likeness (QED) is 0.798. The Morgan fingerprint density at radius 1 is 1.21 bits per heavy atom. The molecule has 5 heteroatoms. The minimum Gasteiger partial charge on any atom is -0.327 e. The van der Waals surface area contributed by atoms with Crippen LogP contribution in [0.2, 0.25) is 0 Å². The number of hydrogen-bond donors (Lipinski definition) is 2. The van der Waals surface area contributed by atoms with Gasteiger partial charge in [0.05, 0.1) is 5.92 Å². The van der Waals surface area contributed by atoms with Crippen molar-refractivity contribution in [3.63, 3.8) is 0 Å². The van der Waals surface area contributed by atoms with Crippen molar-refractivity contribution in [2.45, 2.75) is 52.0 Å². The third-order valence-corrected chi connectivity index (χ3v) is 3.62. The summed E-state index contributed by atoms with van der Waals surface area (Å²) in [5.41, 5.74) is 7.80. The zero-order chi connectivity index (χ0) is 13.8. The second-order valence-electron chi connectivity index (χ2n) is 5.37. The Morgan fingerprint density at radius 2 is 1.84 bits per heavy atom. The first-order valence-corrected chi connectivity index (χ1v) is 6.95. The molecule has 19 heavy (non-hydrogen) atoms. The summed E-state index contributed by atoms with van der Waals surface area (Å²) >= 11 is 0. The van der Waals surface area contributed by atoms with E-state index < -0.39 is 0 Å². The molecular formula is C14H22N4O. The molecule has 1 amide bonds. The van der Waals surface area contributed by atoms with E-state index >= 15 is 0 Å². The molecule has 0 radical (unpaired) electrons. The van der Waals surface area contributed by atoms with Crippen LogP contribution in [0.4, 0.5) is 5.95 Å². The molecule has 1 aromatic heterocycles. The van der Waals surface area contributed by atoms with Crippen LogP contribution in [-0.2, 0) is 4.79 Å². The highest BCUT2D eigenvalue weighted by molar-refractivity contribution is 5.91. The third kappa shape index (κ3) is 3.73. The molecule has 0 aromatic carbocycles. The van der Waals surface area contributed by atoms with E-state index in [1.54, 1.807) is 0 Å². The van der Waals surface area contributed by atoms with Gasteiger partial charge in [-0.3, -0.25) is 10.1 Å². The largest absolute Gasteiger partial charge is 0.327 e. The lowest BCUT2D eigenvalue weighted by Gasteiger charge is -2.20. The minimum absolute atomic E-state index is 0.0422. The Balaban J connectivity index is 2.06. The molecule has 1 aliphatic rings. The Morgan fingerprint density at radius 3 is 2.53 bits per heavy atom. The summed E-state index contributed by atoms with van der Waals surface area (Å²) in [5, 5.41) is 2.81. The number of nitrogens with one attached hydrogen (secondary N) is 1. The van der Waals surface area contributed by atoms with Crippen molar-refractivity contribution in [3.8, 4) is 0 Å². The van der Waals surface area contributed by atoms with Gasteiger partial charge in [-0.1, -0.05) is 19.3 Å². The van der Waals surface area contributed by atoms with Crippen molar-refractivity contribution in [3.05, 3.63) is 17.5 Å². The number of anilines is 1. The topological polar surface area (TPSA) is 80.9 Å². The van der Waals surface area contributed by atoms with Crippen molar-refractivity contribution in [2.24, 2.45) is 11.7 Å². The fourth-order valence-electron chi connectivity index (χ4n) is 2.65. The van der Waals surface area contributed by atoms with Gasteiger partial charge in [0.15, 0.2) is 0 Å². The normalized spacial score (nSPS) is 23.7. The summed E-state index contributed by atoms with van der Waals surface area (Å²) in [6, 6.07) is 1.83. The number of carbonyl (C=O) groups is 1. The molecule has 0 saturated heterocycles. The van der Waals surface area contributed by atoms with Gasteiger partial charge in [-0.25, -0.2) is 9.97 Å². The van der Waals surface area contributed by atoms with Crippen LogP contribution in [-0.4, -0.2) is 21.9 Å². The summed E-state index contributed by atoms with van der Waals surface area (Å²) in [6.45, 7) is 3.78. The maximum absolute atomic E-state index is 12.3. The standard InChI is InChI=1S/C14H22N4O/c1-9-8-10(2)17-14(16-9)18-13(19)11-6-4-3-5-7-12(11)15/h8,11-12H,3-7,15H2,1-2H3,(H,16,17,18,19). The average molecular weight is 262 g/mol. The van der Waals surface area contributed by atoms with Crippen LogP contribution in [0.1, 0.15) is 43.5 Å². The monoisotopic (exact) mass is 262 g/mol. The van der Waals surface area contributed by atoms with E-state index in [4.69, 9.17) is 5.73 Å².